The first-order valence-corrected chi connectivity index (χ1v) is 44.9. The monoisotopic (exact) mass is 1750 g/mol. The Labute approximate surface area is 710 Å². The molecule has 4 aliphatic rings. The minimum atomic E-state index is -4.61. The largest absolute Gasteiger partial charge is 0.492 e. The number of halogens is 2. The van der Waals surface area contributed by atoms with Gasteiger partial charge in [-0.2, -0.15) is 0 Å². The SMILES string of the molecule is CCOCc1nc2c(NC(=O)OCc3ccc(OC(=O)CCCCC(=O)N4Cc5ccccc5-c5c(nnn5CCOc5ccc(C(=O)Oc6ccc(CS[P@]7(=O)OC[C@H]8O[C@@H](n9cnc%10c(N)ncnc%109)[C@H](F)[C@@H]8O[P@@](C)(=O)OC[C@H]8O[C@@H](n9cnc%10c(C)ncnc%109)[C@H](F)[C@@H]8O7)cc6)cc5)-c5ccccc54)cc3)nc3ccccc3c2n1CC(C)(C)O. The van der Waals surface area contributed by atoms with Gasteiger partial charge in [0.05, 0.1) is 84.8 Å². The summed E-state index contributed by atoms with van der Waals surface area (Å²) < 4.78 is 135. The van der Waals surface area contributed by atoms with E-state index in [0.29, 0.717) is 104 Å². The number of ether oxygens (including phenoxy) is 7. The molecule has 40 heteroatoms. The number of hydrogen-bond donors (Lipinski definition) is 3. The number of aryl methyl sites for hydroxylation is 1. The van der Waals surface area contributed by atoms with Crippen LogP contribution >= 0.6 is 25.8 Å². The number of aliphatic hydroxyl groups is 1. The van der Waals surface area contributed by atoms with Crippen LogP contribution < -0.4 is 30.2 Å². The summed E-state index contributed by atoms with van der Waals surface area (Å²) in [5.41, 5.74) is 13.7. The number of aromatic nitrogens is 14. The number of rotatable bonds is 25. The molecule has 124 heavy (non-hydrogen) atoms. The lowest BCUT2D eigenvalue weighted by molar-refractivity contribution is -0.134. The van der Waals surface area contributed by atoms with Crippen LogP contribution in [0.4, 0.5) is 30.9 Å². The van der Waals surface area contributed by atoms with Gasteiger partial charge in [-0.05, 0) is 129 Å². The second-order valence-corrected chi connectivity index (χ2v) is 36.5. The van der Waals surface area contributed by atoms with E-state index in [-0.39, 0.29) is 104 Å². The van der Waals surface area contributed by atoms with Crippen LogP contribution in [0.3, 0.4) is 0 Å². The van der Waals surface area contributed by atoms with E-state index in [1.165, 1.54) is 46.6 Å². The van der Waals surface area contributed by atoms with Crippen LogP contribution in [0.2, 0.25) is 0 Å². The Morgan fingerprint density at radius 1 is 0.702 bits per heavy atom. The number of esters is 2. The third-order valence-corrected chi connectivity index (χ3v) is 26.0. The molecule has 3 fully saturated rings. The number of nitrogens with one attached hydrogen (secondary N) is 1. The maximum absolute atomic E-state index is 17.2. The van der Waals surface area contributed by atoms with Gasteiger partial charge in [0.15, 0.2) is 47.7 Å². The lowest BCUT2D eigenvalue weighted by Crippen LogP contribution is -2.37. The molecule has 4 N–H and O–H groups in total. The van der Waals surface area contributed by atoms with Gasteiger partial charge in [-0.3, -0.25) is 42.2 Å². The zero-order valence-electron chi connectivity index (χ0n) is 67.4. The summed E-state index contributed by atoms with van der Waals surface area (Å²) in [5.74, 6) is 0.285. The van der Waals surface area contributed by atoms with Crippen LogP contribution in [0.1, 0.15) is 97.5 Å². The zero-order chi connectivity index (χ0) is 86.1. The van der Waals surface area contributed by atoms with E-state index in [1.54, 1.807) is 91.0 Å². The van der Waals surface area contributed by atoms with Crippen LogP contribution in [-0.2, 0) is 94.4 Å². The molecule has 642 valence electrons. The van der Waals surface area contributed by atoms with Gasteiger partial charge in [-0.15, -0.1) is 5.10 Å². The molecule has 0 bridgehead atoms. The highest BCUT2D eigenvalue weighted by molar-refractivity contribution is 8.54. The van der Waals surface area contributed by atoms with Crippen LogP contribution in [0, 0.1) is 6.92 Å². The number of carbonyl (C=O) groups is 4. The van der Waals surface area contributed by atoms with Crippen LogP contribution in [-0.4, -0.2) is 173 Å². The Bertz CT molecular complexity index is 6280. The quantitative estimate of drug-likeness (QED) is 0.0207. The van der Waals surface area contributed by atoms with E-state index < -0.39 is 100 Å². The molecule has 11 heterocycles. The molecule has 4 aliphatic heterocycles. The summed E-state index contributed by atoms with van der Waals surface area (Å²) in [4.78, 5) is 91.1. The fourth-order valence-electron chi connectivity index (χ4n) is 15.2. The number of amides is 2. The van der Waals surface area contributed by atoms with E-state index in [9.17, 15) is 28.8 Å². The Balaban J connectivity index is 0.492. The number of para-hydroxylation sites is 2. The van der Waals surface area contributed by atoms with E-state index in [4.69, 9.17) is 72.1 Å². The maximum atomic E-state index is 17.2. The molecule has 3 saturated heterocycles. The minimum Gasteiger partial charge on any atom is -0.492 e. The van der Waals surface area contributed by atoms with Gasteiger partial charge >= 0.3 is 32.4 Å². The maximum Gasteiger partial charge on any atom is 0.413 e. The first-order chi connectivity index (χ1) is 59.9. The second kappa shape index (κ2) is 35.7. The number of anilines is 3. The lowest BCUT2D eigenvalue weighted by Gasteiger charge is -2.29. The second-order valence-electron chi connectivity index (χ2n) is 30.4. The molecule has 13 aromatic rings. The molecule has 0 unspecified atom stereocenters. The van der Waals surface area contributed by atoms with Gasteiger partial charge in [0.1, 0.15) is 102 Å². The number of nitrogen functional groups attached to an aromatic ring is 1. The number of pyridine rings is 1. The number of nitrogens with two attached hydrogens (primary N) is 1. The fourth-order valence-corrected chi connectivity index (χ4v) is 19.7. The van der Waals surface area contributed by atoms with Crippen molar-refractivity contribution in [3.63, 3.8) is 0 Å². The molecular weight excluding hydrogens is 1670 g/mol. The van der Waals surface area contributed by atoms with Crippen molar-refractivity contribution in [1.82, 2.24) is 68.6 Å². The molecule has 0 radical (unpaired) electrons. The number of hydrogen-bond acceptors (Lipinski definition) is 30. The summed E-state index contributed by atoms with van der Waals surface area (Å²) in [6, 6.07) is 42.0. The fraction of sp³-hybridized carbons (Fsp3) is 0.333. The minimum absolute atomic E-state index is 0.0223. The third kappa shape index (κ3) is 18.1. The molecule has 35 nitrogen and oxygen atoms in total. The van der Waals surface area contributed by atoms with E-state index >= 15 is 13.3 Å². The van der Waals surface area contributed by atoms with Crippen molar-refractivity contribution in [2.75, 3.05) is 49.0 Å². The van der Waals surface area contributed by atoms with Crippen molar-refractivity contribution < 1.29 is 93.4 Å². The van der Waals surface area contributed by atoms with Gasteiger partial charge in [-0.25, -0.2) is 67.5 Å². The smallest absolute Gasteiger partial charge is 0.413 e. The normalized spacial score (nSPS) is 21.5. The molecule has 6 aromatic carbocycles. The van der Waals surface area contributed by atoms with Crippen molar-refractivity contribution in [2.24, 2.45) is 0 Å². The van der Waals surface area contributed by atoms with Gasteiger partial charge in [0, 0.05) is 48.4 Å². The van der Waals surface area contributed by atoms with Crippen molar-refractivity contribution >= 4 is 111 Å². The number of unbranched alkanes of at least 4 members (excludes halogenated alkanes) is 1. The zero-order valence-corrected chi connectivity index (χ0v) is 70.0. The Morgan fingerprint density at radius 2 is 1.35 bits per heavy atom. The van der Waals surface area contributed by atoms with Crippen molar-refractivity contribution in [3.8, 4) is 39.8 Å². The Hall–Kier alpha value is -11.9. The molecule has 0 aliphatic carbocycles. The third-order valence-electron chi connectivity index (χ3n) is 21.1. The first kappa shape index (κ1) is 84.3. The molecule has 7 aromatic heterocycles. The predicted molar refractivity (Wildman–Crippen MR) is 448 cm³/mol. The molecular formula is C84H83F2N17O18P2S. The van der Waals surface area contributed by atoms with E-state index in [0.717, 1.165) is 28.9 Å². The topological polar surface area (TPSA) is 414 Å². The summed E-state index contributed by atoms with van der Waals surface area (Å²) >= 11 is 0.683. The number of nitrogens with zero attached hydrogens (tertiary/aromatic N) is 15. The average Bonchev–Trinajstić information content (AvgIpc) is 1.59. The molecule has 2 amide bonds. The lowest BCUT2D eigenvalue weighted by atomic mass is 9.95. The molecule has 17 rings (SSSR count). The van der Waals surface area contributed by atoms with Crippen molar-refractivity contribution in [3.05, 3.63) is 205 Å². The molecule has 0 saturated carbocycles. The van der Waals surface area contributed by atoms with Crippen LogP contribution in [0.5, 0.6) is 17.2 Å². The van der Waals surface area contributed by atoms with Gasteiger partial charge in [0.2, 0.25) is 5.91 Å². The van der Waals surface area contributed by atoms with Crippen molar-refractivity contribution in [2.45, 2.75) is 147 Å². The Kier molecular flexibility index (Phi) is 24.3. The average molecular weight is 1750 g/mol. The first-order valence-electron chi connectivity index (χ1n) is 39.8. The van der Waals surface area contributed by atoms with Gasteiger partial charge in [-0.1, -0.05) is 90.1 Å². The van der Waals surface area contributed by atoms with Crippen molar-refractivity contribution in [1.29, 1.82) is 0 Å². The van der Waals surface area contributed by atoms with E-state index in [2.05, 4.69) is 40.4 Å². The summed E-state index contributed by atoms with van der Waals surface area (Å²) in [6.07, 6.45) is -8.15. The number of imidazole rings is 3. The number of fused-ring (bicyclic) bond motifs is 12. The molecule has 0 spiro atoms. The molecule has 10 atom stereocenters. The summed E-state index contributed by atoms with van der Waals surface area (Å²) in [7, 11) is -4.25. The van der Waals surface area contributed by atoms with Crippen LogP contribution in [0.25, 0.3) is 66.8 Å². The number of benzene rings is 6. The predicted octanol–water partition coefficient (Wildman–Crippen LogP) is 13.9. The van der Waals surface area contributed by atoms with Crippen LogP contribution in [0.15, 0.2) is 171 Å². The number of alkyl halides is 2. The highest BCUT2D eigenvalue weighted by atomic mass is 32.7. The highest BCUT2D eigenvalue weighted by Crippen LogP contribution is 2.65. The summed E-state index contributed by atoms with van der Waals surface area (Å²) in [5, 5.41) is 23.7. The number of carbonyl (C=O) groups excluding carboxylic acids is 4. The van der Waals surface area contributed by atoms with E-state index in [1.807, 2.05) is 84.3 Å². The van der Waals surface area contributed by atoms with Gasteiger partial charge in [0.25, 0.3) is 0 Å². The van der Waals surface area contributed by atoms with Gasteiger partial charge < -0.3 is 58.0 Å². The Morgan fingerprint density at radius 3 is 2.09 bits per heavy atom. The highest BCUT2D eigenvalue weighted by Gasteiger charge is 2.55. The summed E-state index contributed by atoms with van der Waals surface area (Å²) in [6.45, 7) is 3.54. The standard InChI is InChI=1S/C84H83F2N17O18P2S/c1-6-111-41-63-95-70-72(100(63)43-84(3,4)108)57-17-9-11-19-59(57)94-77(70)96-83(107)113-38-49-23-29-54(30-24-49)116-65(105)22-14-13-21-64(104)99-37-52-15-7-8-16-56(52)73-69(58-18-10-12-20-60(58)99)97-98-103(73)35-36-112-53-33-27-51(28-34-53)82(106)117-55-31-25-50(26-32-55)42-124-123(110)115-40-62-74(66(85)80(119-62)102-47-93-71-76(87)89-45-91-79(71)102)120-122(5,109)114-39-61-75(121-123)67(86)81(118-61)101-46-92-68-48(2)88-44-90-78(68)101/h7-12,15-20,23-34,44-47,61-62,66-67,74-75,80-81,108H,6,13-14,21-22,35-43H2,1-5H3,(H2,87,89,91)(H,94,96,107)/t61-,62-,66-,67-,74-,75-,80-,81-,122+,123-/m1/s1.